The van der Waals surface area contributed by atoms with Crippen molar-refractivity contribution in [2.24, 2.45) is 5.92 Å². The maximum atomic E-state index is 13.2. The number of aryl methyl sites for hydroxylation is 1. The summed E-state index contributed by atoms with van der Waals surface area (Å²) < 4.78 is 29.8. The molecule has 162 valence electrons. The highest BCUT2D eigenvalue weighted by Crippen LogP contribution is 2.30. The van der Waals surface area contributed by atoms with Gasteiger partial charge >= 0.3 is 0 Å². The van der Waals surface area contributed by atoms with Crippen LogP contribution in [-0.4, -0.2) is 52.7 Å². The van der Waals surface area contributed by atoms with Gasteiger partial charge in [0.25, 0.3) is 0 Å². The molecule has 0 bridgehead atoms. The van der Waals surface area contributed by atoms with Crippen molar-refractivity contribution < 1.29 is 13.2 Å². The first kappa shape index (κ1) is 21.1. The summed E-state index contributed by atoms with van der Waals surface area (Å²) in [6, 6.07) is 6.55. The Labute approximate surface area is 178 Å². The molecule has 0 radical (unpaired) electrons. The third-order valence-electron chi connectivity index (χ3n) is 6.32. The van der Waals surface area contributed by atoms with Gasteiger partial charge in [0.2, 0.25) is 15.9 Å². The lowest BCUT2D eigenvalue weighted by atomic mass is 9.99. The van der Waals surface area contributed by atoms with Crippen molar-refractivity contribution in [2.45, 2.75) is 57.5 Å². The molecule has 0 spiro atoms. The number of carbonyl (C=O) groups excluding carboxylic acids is 1. The molecule has 0 saturated carbocycles. The van der Waals surface area contributed by atoms with Gasteiger partial charge in [0, 0.05) is 32.4 Å². The topological polar surface area (TPSA) is 75.5 Å². The number of nitrogens with zero attached hydrogens (tertiary/aromatic N) is 4. The zero-order valence-corrected chi connectivity index (χ0v) is 18.7. The van der Waals surface area contributed by atoms with Crippen LogP contribution in [0.3, 0.4) is 0 Å². The van der Waals surface area contributed by atoms with Crippen LogP contribution >= 0.6 is 0 Å². The molecule has 0 N–H and O–H groups in total. The SMILES string of the molecule is Cc1ccc(S(=O)(=O)N2CCn3cc(CC(=O)N4CCC(C)CC4)nc3C2C)cc1. The molecule has 2 aliphatic rings. The fourth-order valence-corrected chi connectivity index (χ4v) is 5.89. The normalized spacial score (nSPS) is 20.9. The van der Waals surface area contributed by atoms with Gasteiger partial charge in [-0.1, -0.05) is 24.6 Å². The number of imidazole rings is 1. The summed E-state index contributed by atoms with van der Waals surface area (Å²) in [4.78, 5) is 19.6. The van der Waals surface area contributed by atoms with Crippen LogP contribution in [0.1, 0.15) is 49.8 Å². The second kappa shape index (κ2) is 8.15. The van der Waals surface area contributed by atoms with E-state index in [2.05, 4.69) is 11.9 Å². The van der Waals surface area contributed by atoms with Gasteiger partial charge in [-0.05, 0) is 44.7 Å². The van der Waals surface area contributed by atoms with Gasteiger partial charge in [-0.15, -0.1) is 0 Å². The Hall–Kier alpha value is -2.19. The van der Waals surface area contributed by atoms with E-state index in [-0.39, 0.29) is 18.4 Å². The molecule has 1 unspecified atom stereocenters. The number of rotatable bonds is 4. The number of amides is 1. The van der Waals surface area contributed by atoms with Gasteiger partial charge in [-0.2, -0.15) is 4.31 Å². The summed E-state index contributed by atoms with van der Waals surface area (Å²) in [5.41, 5.74) is 1.74. The highest BCUT2D eigenvalue weighted by molar-refractivity contribution is 7.89. The zero-order valence-electron chi connectivity index (χ0n) is 17.9. The van der Waals surface area contributed by atoms with Crippen molar-refractivity contribution in [1.29, 1.82) is 0 Å². The summed E-state index contributed by atoms with van der Waals surface area (Å²) in [6.45, 7) is 8.57. The van der Waals surface area contributed by atoms with Crippen molar-refractivity contribution >= 4 is 15.9 Å². The first-order valence-corrected chi connectivity index (χ1v) is 12.1. The number of benzene rings is 1. The standard InChI is InChI=1S/C22H30N4O3S/c1-16-4-6-20(7-5-16)30(28,29)26-13-12-25-15-19(23-22(25)18(26)3)14-21(27)24-10-8-17(2)9-11-24/h4-7,15,17-18H,8-14H2,1-3H3. The number of hydrogen-bond donors (Lipinski definition) is 0. The summed E-state index contributed by atoms with van der Waals surface area (Å²) in [5, 5.41) is 0. The number of likely N-dealkylation sites (tertiary alicyclic amines) is 1. The molecular formula is C22H30N4O3S. The molecule has 1 aromatic heterocycles. The van der Waals surface area contributed by atoms with E-state index in [1.165, 1.54) is 4.31 Å². The number of piperidine rings is 1. The molecular weight excluding hydrogens is 400 g/mol. The lowest BCUT2D eigenvalue weighted by Gasteiger charge is -2.32. The second-order valence-electron chi connectivity index (χ2n) is 8.63. The maximum absolute atomic E-state index is 13.2. The molecule has 1 amide bonds. The summed E-state index contributed by atoms with van der Waals surface area (Å²) in [7, 11) is -3.60. The Balaban J connectivity index is 1.50. The van der Waals surface area contributed by atoms with Crippen LogP contribution in [0.25, 0.3) is 0 Å². The average molecular weight is 431 g/mol. The quantitative estimate of drug-likeness (QED) is 0.747. The Bertz CT molecular complexity index is 1020. The number of carbonyl (C=O) groups is 1. The molecule has 2 aliphatic heterocycles. The molecule has 8 heteroatoms. The molecule has 7 nitrogen and oxygen atoms in total. The second-order valence-corrected chi connectivity index (χ2v) is 10.5. The van der Waals surface area contributed by atoms with E-state index < -0.39 is 10.0 Å². The summed E-state index contributed by atoms with van der Waals surface area (Å²) >= 11 is 0. The summed E-state index contributed by atoms with van der Waals surface area (Å²) in [6.07, 6.45) is 4.28. The third kappa shape index (κ3) is 4.03. The Morgan fingerprint density at radius 1 is 1.07 bits per heavy atom. The molecule has 30 heavy (non-hydrogen) atoms. The number of fused-ring (bicyclic) bond motifs is 1. The Morgan fingerprint density at radius 2 is 1.73 bits per heavy atom. The predicted octanol–water partition coefficient (Wildman–Crippen LogP) is 2.76. The smallest absolute Gasteiger partial charge is 0.243 e. The zero-order chi connectivity index (χ0) is 21.5. The van der Waals surface area contributed by atoms with Crippen molar-refractivity contribution in [2.75, 3.05) is 19.6 Å². The number of sulfonamides is 1. The van der Waals surface area contributed by atoms with E-state index in [1.54, 1.807) is 12.1 Å². The predicted molar refractivity (Wildman–Crippen MR) is 114 cm³/mol. The fraction of sp³-hybridized carbons (Fsp3) is 0.545. The van der Waals surface area contributed by atoms with Crippen LogP contribution in [0.2, 0.25) is 0 Å². The van der Waals surface area contributed by atoms with Crippen LogP contribution in [0, 0.1) is 12.8 Å². The van der Waals surface area contributed by atoms with Gasteiger partial charge in [-0.3, -0.25) is 4.79 Å². The molecule has 0 aliphatic carbocycles. The minimum absolute atomic E-state index is 0.106. The van der Waals surface area contributed by atoms with Gasteiger partial charge in [0.1, 0.15) is 5.82 Å². The van der Waals surface area contributed by atoms with E-state index in [4.69, 9.17) is 0 Å². The van der Waals surface area contributed by atoms with Crippen LogP contribution in [0.4, 0.5) is 0 Å². The van der Waals surface area contributed by atoms with Crippen molar-refractivity contribution in [3.63, 3.8) is 0 Å². The van der Waals surface area contributed by atoms with Gasteiger partial charge in [-0.25, -0.2) is 13.4 Å². The molecule has 1 aromatic carbocycles. The molecule has 4 rings (SSSR count). The average Bonchev–Trinajstić information content (AvgIpc) is 3.12. The fourth-order valence-electron chi connectivity index (χ4n) is 4.31. The van der Waals surface area contributed by atoms with Crippen LogP contribution in [-0.2, 0) is 27.8 Å². The lowest BCUT2D eigenvalue weighted by Crippen LogP contribution is -2.41. The van der Waals surface area contributed by atoms with E-state index in [9.17, 15) is 13.2 Å². The molecule has 3 heterocycles. The molecule has 1 fully saturated rings. The highest BCUT2D eigenvalue weighted by Gasteiger charge is 2.35. The van der Waals surface area contributed by atoms with Crippen molar-refractivity contribution in [1.82, 2.24) is 18.8 Å². The minimum atomic E-state index is -3.60. The van der Waals surface area contributed by atoms with E-state index >= 15 is 0 Å². The first-order valence-electron chi connectivity index (χ1n) is 10.7. The van der Waals surface area contributed by atoms with Gasteiger partial charge in [0.05, 0.1) is 23.1 Å². The lowest BCUT2D eigenvalue weighted by molar-refractivity contribution is -0.131. The van der Waals surface area contributed by atoms with Crippen LogP contribution in [0.15, 0.2) is 35.4 Å². The molecule has 1 saturated heterocycles. The monoisotopic (exact) mass is 430 g/mol. The third-order valence-corrected chi connectivity index (χ3v) is 8.30. The van der Waals surface area contributed by atoms with Gasteiger partial charge < -0.3 is 9.47 Å². The van der Waals surface area contributed by atoms with Crippen LogP contribution in [0.5, 0.6) is 0 Å². The number of aromatic nitrogens is 2. The van der Waals surface area contributed by atoms with Crippen LogP contribution < -0.4 is 0 Å². The van der Waals surface area contributed by atoms with Crippen molar-refractivity contribution in [3.8, 4) is 0 Å². The summed E-state index contributed by atoms with van der Waals surface area (Å²) in [5.74, 6) is 1.48. The molecule has 1 atom stereocenters. The largest absolute Gasteiger partial charge is 0.342 e. The highest BCUT2D eigenvalue weighted by atomic mass is 32.2. The van der Waals surface area contributed by atoms with E-state index in [0.29, 0.717) is 29.7 Å². The van der Waals surface area contributed by atoms with E-state index in [0.717, 1.165) is 37.2 Å². The number of hydrogen-bond acceptors (Lipinski definition) is 4. The molecule has 2 aromatic rings. The van der Waals surface area contributed by atoms with Crippen molar-refractivity contribution in [3.05, 3.63) is 47.5 Å². The van der Waals surface area contributed by atoms with E-state index in [1.807, 2.05) is 41.6 Å². The minimum Gasteiger partial charge on any atom is -0.342 e. The first-order chi connectivity index (χ1) is 14.3. The van der Waals surface area contributed by atoms with Gasteiger partial charge in [0.15, 0.2) is 0 Å². The Kier molecular flexibility index (Phi) is 5.72. The maximum Gasteiger partial charge on any atom is 0.243 e. The Morgan fingerprint density at radius 3 is 2.40 bits per heavy atom.